The summed E-state index contributed by atoms with van der Waals surface area (Å²) in [5, 5.41) is 5.62. The number of fused-ring (bicyclic) bond motifs is 1. The fraction of sp³-hybridized carbons (Fsp3) is 0.467. The Morgan fingerprint density at radius 2 is 1.95 bits per heavy atom. The fourth-order valence-electron chi connectivity index (χ4n) is 2.02. The number of nitrogens with one attached hydrogen (secondary N) is 2. The van der Waals surface area contributed by atoms with Crippen LogP contribution < -0.4 is 10.6 Å². The van der Waals surface area contributed by atoms with Gasteiger partial charge in [-0.15, -0.1) is 11.8 Å². The van der Waals surface area contributed by atoms with Crippen LogP contribution >= 0.6 is 11.8 Å². The van der Waals surface area contributed by atoms with Gasteiger partial charge in [-0.3, -0.25) is 9.59 Å². The first-order valence-electron chi connectivity index (χ1n) is 6.88. The molecule has 1 heterocycles. The lowest BCUT2D eigenvalue weighted by molar-refractivity contribution is -0.124. The van der Waals surface area contributed by atoms with Gasteiger partial charge in [0, 0.05) is 23.9 Å². The van der Waals surface area contributed by atoms with Crippen molar-refractivity contribution in [2.24, 2.45) is 5.92 Å². The predicted octanol–water partition coefficient (Wildman–Crippen LogP) is 1.59. The van der Waals surface area contributed by atoms with E-state index in [9.17, 15) is 9.59 Å². The van der Waals surface area contributed by atoms with Crippen LogP contribution in [0, 0.1) is 5.92 Å². The van der Waals surface area contributed by atoms with E-state index in [4.69, 9.17) is 0 Å². The minimum atomic E-state index is -0.0480. The number of carbonyl (C=O) groups is 2. The molecule has 2 amide bonds. The Morgan fingerprint density at radius 1 is 1.25 bits per heavy atom. The number of carbonyl (C=O) groups excluding carboxylic acids is 2. The van der Waals surface area contributed by atoms with E-state index in [0.29, 0.717) is 13.1 Å². The molecule has 1 aliphatic heterocycles. The number of thioether (sulfide) groups is 1. The number of amides is 2. The molecule has 2 N–H and O–H groups in total. The summed E-state index contributed by atoms with van der Waals surface area (Å²) in [7, 11) is 0. The van der Waals surface area contributed by atoms with Gasteiger partial charge in [0.15, 0.2) is 0 Å². The van der Waals surface area contributed by atoms with Crippen molar-refractivity contribution >= 4 is 23.6 Å². The molecule has 0 radical (unpaired) electrons. The molecule has 5 heteroatoms. The Labute approximate surface area is 123 Å². The molecule has 1 aromatic carbocycles. The molecule has 20 heavy (non-hydrogen) atoms. The second-order valence-corrected chi connectivity index (χ2v) is 6.40. The molecular weight excluding hydrogens is 272 g/mol. The van der Waals surface area contributed by atoms with E-state index in [-0.39, 0.29) is 23.0 Å². The Hall–Kier alpha value is -1.49. The van der Waals surface area contributed by atoms with Gasteiger partial charge < -0.3 is 10.6 Å². The van der Waals surface area contributed by atoms with Crippen LogP contribution in [0.15, 0.2) is 29.2 Å². The average molecular weight is 292 g/mol. The lowest BCUT2D eigenvalue weighted by Gasteiger charge is -2.11. The molecule has 1 aromatic rings. The highest BCUT2D eigenvalue weighted by molar-refractivity contribution is 8.01. The van der Waals surface area contributed by atoms with Crippen LogP contribution in [0.4, 0.5) is 0 Å². The second-order valence-electron chi connectivity index (χ2n) is 5.16. The maximum atomic E-state index is 12.0. The van der Waals surface area contributed by atoms with Crippen molar-refractivity contribution in [1.29, 1.82) is 0 Å². The summed E-state index contributed by atoms with van der Waals surface area (Å²) < 4.78 is 0. The molecule has 0 fully saturated rings. The first-order valence-corrected chi connectivity index (χ1v) is 7.76. The molecule has 1 atom stereocenters. The molecule has 108 valence electrons. The molecule has 2 rings (SSSR count). The lowest BCUT2D eigenvalue weighted by atomic mass is 10.1. The van der Waals surface area contributed by atoms with E-state index in [1.165, 1.54) is 10.5 Å². The summed E-state index contributed by atoms with van der Waals surface area (Å²) in [5.41, 5.74) is 1.24. The van der Waals surface area contributed by atoms with Crippen molar-refractivity contribution in [2.45, 2.75) is 30.4 Å². The Morgan fingerprint density at radius 3 is 2.65 bits per heavy atom. The van der Waals surface area contributed by atoms with Crippen molar-refractivity contribution < 1.29 is 9.59 Å². The van der Waals surface area contributed by atoms with Crippen LogP contribution in [-0.4, -0.2) is 30.2 Å². The Bertz CT molecular complexity index is 477. The molecule has 0 bridgehead atoms. The second kappa shape index (κ2) is 6.79. The van der Waals surface area contributed by atoms with Crippen LogP contribution in [-0.2, 0) is 16.0 Å². The van der Waals surface area contributed by atoms with Crippen molar-refractivity contribution in [3.05, 3.63) is 29.8 Å². The van der Waals surface area contributed by atoms with Gasteiger partial charge >= 0.3 is 0 Å². The minimum Gasteiger partial charge on any atom is -0.354 e. The van der Waals surface area contributed by atoms with Gasteiger partial charge in [0.2, 0.25) is 11.8 Å². The number of benzene rings is 1. The first kappa shape index (κ1) is 14.9. The highest BCUT2D eigenvalue weighted by atomic mass is 32.2. The van der Waals surface area contributed by atoms with Crippen LogP contribution in [0.25, 0.3) is 0 Å². The van der Waals surface area contributed by atoms with Gasteiger partial charge in [0.1, 0.15) is 0 Å². The third-order valence-electron chi connectivity index (χ3n) is 3.19. The SMILES string of the molecule is CC(C)C(=O)NCCNC(=O)C1Cc2ccccc2S1. The van der Waals surface area contributed by atoms with Crippen LogP contribution in [0.2, 0.25) is 0 Å². The van der Waals surface area contributed by atoms with Crippen LogP contribution in [0.1, 0.15) is 19.4 Å². The average Bonchev–Trinajstić information content (AvgIpc) is 2.86. The number of hydrogen-bond acceptors (Lipinski definition) is 3. The largest absolute Gasteiger partial charge is 0.354 e. The molecule has 4 nitrogen and oxygen atoms in total. The molecule has 0 saturated carbocycles. The Balaban J connectivity index is 1.71. The maximum Gasteiger partial charge on any atom is 0.233 e. The first-order chi connectivity index (χ1) is 9.58. The molecule has 0 aromatic heterocycles. The molecule has 1 aliphatic rings. The smallest absolute Gasteiger partial charge is 0.233 e. The molecule has 1 unspecified atom stereocenters. The highest BCUT2D eigenvalue weighted by Crippen LogP contribution is 2.36. The molecular formula is C15H20N2O2S. The van der Waals surface area contributed by atoms with E-state index < -0.39 is 0 Å². The fourth-order valence-corrected chi connectivity index (χ4v) is 3.24. The maximum absolute atomic E-state index is 12.0. The third-order valence-corrected chi connectivity index (χ3v) is 4.50. The number of hydrogen-bond donors (Lipinski definition) is 2. The van der Waals surface area contributed by atoms with E-state index in [0.717, 1.165) is 6.42 Å². The van der Waals surface area contributed by atoms with Crippen LogP contribution in [0.5, 0.6) is 0 Å². The molecule has 0 aliphatic carbocycles. The number of rotatable bonds is 5. The van der Waals surface area contributed by atoms with Gasteiger partial charge in [-0.1, -0.05) is 32.0 Å². The van der Waals surface area contributed by atoms with Gasteiger partial charge in [-0.05, 0) is 18.1 Å². The zero-order valence-electron chi connectivity index (χ0n) is 11.8. The summed E-state index contributed by atoms with van der Waals surface area (Å²) in [6.45, 7) is 4.65. The summed E-state index contributed by atoms with van der Waals surface area (Å²) >= 11 is 1.61. The van der Waals surface area contributed by atoms with E-state index in [1.54, 1.807) is 11.8 Å². The van der Waals surface area contributed by atoms with E-state index in [1.807, 2.05) is 26.0 Å². The van der Waals surface area contributed by atoms with E-state index in [2.05, 4.69) is 22.8 Å². The summed E-state index contributed by atoms with van der Waals surface area (Å²) in [5.74, 6) is 0.0393. The third kappa shape index (κ3) is 3.76. The summed E-state index contributed by atoms with van der Waals surface area (Å²) in [6, 6.07) is 8.11. The zero-order chi connectivity index (χ0) is 14.5. The van der Waals surface area contributed by atoms with Gasteiger partial charge in [-0.2, -0.15) is 0 Å². The monoisotopic (exact) mass is 292 g/mol. The van der Waals surface area contributed by atoms with Gasteiger partial charge in [0.05, 0.1) is 5.25 Å². The van der Waals surface area contributed by atoms with E-state index >= 15 is 0 Å². The van der Waals surface area contributed by atoms with Gasteiger partial charge in [-0.25, -0.2) is 0 Å². The highest BCUT2D eigenvalue weighted by Gasteiger charge is 2.27. The zero-order valence-corrected chi connectivity index (χ0v) is 12.6. The quantitative estimate of drug-likeness (QED) is 0.810. The molecule has 0 saturated heterocycles. The van der Waals surface area contributed by atoms with Crippen molar-refractivity contribution in [1.82, 2.24) is 10.6 Å². The normalized spacial score (nSPS) is 16.9. The van der Waals surface area contributed by atoms with Crippen LogP contribution in [0.3, 0.4) is 0 Å². The molecule has 0 spiro atoms. The summed E-state index contributed by atoms with van der Waals surface area (Å²) in [4.78, 5) is 24.6. The van der Waals surface area contributed by atoms with Gasteiger partial charge in [0.25, 0.3) is 0 Å². The standard InChI is InChI=1S/C15H20N2O2S/c1-10(2)14(18)16-7-8-17-15(19)13-9-11-5-3-4-6-12(11)20-13/h3-6,10,13H,7-9H2,1-2H3,(H,16,18)(H,17,19). The minimum absolute atomic E-state index is 0.0156. The van der Waals surface area contributed by atoms with Crippen molar-refractivity contribution in [3.63, 3.8) is 0 Å². The van der Waals surface area contributed by atoms with Crippen molar-refractivity contribution in [3.8, 4) is 0 Å². The topological polar surface area (TPSA) is 58.2 Å². The lowest BCUT2D eigenvalue weighted by Crippen LogP contribution is -2.39. The summed E-state index contributed by atoms with van der Waals surface area (Å²) in [6.07, 6.45) is 0.783. The predicted molar refractivity (Wildman–Crippen MR) is 80.6 cm³/mol. The Kier molecular flexibility index (Phi) is 5.06. The van der Waals surface area contributed by atoms with Crippen molar-refractivity contribution in [2.75, 3.05) is 13.1 Å².